The highest BCUT2D eigenvalue weighted by molar-refractivity contribution is 6.23. The van der Waals surface area contributed by atoms with Crippen molar-refractivity contribution in [2.75, 3.05) is 0 Å². The Hall–Kier alpha value is -6.85. The van der Waals surface area contributed by atoms with Crippen molar-refractivity contribution in [2.45, 2.75) is 19.3 Å². The number of hydrogen-bond donors (Lipinski definition) is 0. The van der Waals surface area contributed by atoms with Gasteiger partial charge in [0.1, 0.15) is 0 Å². The number of aromatic nitrogens is 5. The summed E-state index contributed by atoms with van der Waals surface area (Å²) in [4.78, 5) is 15.6. The van der Waals surface area contributed by atoms with Gasteiger partial charge in [-0.05, 0) is 52.5 Å². The minimum Gasteiger partial charge on any atom is -0.307 e. The zero-order chi connectivity index (χ0) is 39.6. The lowest BCUT2D eigenvalue weighted by molar-refractivity contribution is 0.660. The molecule has 0 unspecified atom stereocenters. The van der Waals surface area contributed by atoms with Gasteiger partial charge in [-0.15, -0.1) is 0 Å². The highest BCUT2D eigenvalue weighted by Gasteiger charge is 2.35. The second-order valence-electron chi connectivity index (χ2n) is 14.1. The van der Waals surface area contributed by atoms with Gasteiger partial charge in [0.25, 0.3) is 0 Å². The molecular formula is C48H33N5. The fourth-order valence-corrected chi connectivity index (χ4v) is 8.47. The van der Waals surface area contributed by atoms with E-state index >= 15 is 0 Å². The van der Waals surface area contributed by atoms with E-state index in [9.17, 15) is 0 Å². The predicted molar refractivity (Wildman–Crippen MR) is 217 cm³/mol. The lowest BCUT2D eigenvalue weighted by Crippen LogP contribution is -2.14. The van der Waals surface area contributed by atoms with E-state index in [1.54, 1.807) is 0 Å². The lowest BCUT2D eigenvalue weighted by Gasteiger charge is -2.21. The minimum absolute atomic E-state index is 0.0733. The molecule has 5 heteroatoms. The Morgan fingerprint density at radius 2 is 1.08 bits per heavy atom. The monoisotopic (exact) mass is 684 g/mol. The molecule has 0 saturated carbocycles. The molecule has 10 aromatic rings. The fourth-order valence-electron chi connectivity index (χ4n) is 8.47. The number of hydrogen-bond acceptors (Lipinski definition) is 3. The van der Waals surface area contributed by atoms with Crippen molar-refractivity contribution in [3.05, 3.63) is 175 Å². The van der Waals surface area contributed by atoms with E-state index in [-0.39, 0.29) is 23.2 Å². The number of benzene rings is 7. The summed E-state index contributed by atoms with van der Waals surface area (Å²) in [5, 5.41) is 3.60. The summed E-state index contributed by atoms with van der Waals surface area (Å²) < 4.78 is 47.8. The minimum atomic E-state index is -0.441. The molecule has 3 aromatic heterocycles. The van der Waals surface area contributed by atoms with Crippen LogP contribution in [0.25, 0.3) is 89.2 Å². The summed E-state index contributed by atoms with van der Waals surface area (Å²) in [5.74, 6) is 1.41. The van der Waals surface area contributed by atoms with Crippen molar-refractivity contribution in [3.8, 4) is 45.5 Å². The van der Waals surface area contributed by atoms with Gasteiger partial charge < -0.3 is 4.57 Å². The number of fused-ring (bicyclic) bond motifs is 10. The first-order valence-corrected chi connectivity index (χ1v) is 17.7. The summed E-state index contributed by atoms with van der Waals surface area (Å²) in [6.45, 7) is 4.52. The molecule has 0 aliphatic heterocycles. The van der Waals surface area contributed by atoms with Gasteiger partial charge >= 0.3 is 0 Å². The van der Waals surface area contributed by atoms with Crippen LogP contribution in [0.3, 0.4) is 0 Å². The Morgan fingerprint density at radius 3 is 1.81 bits per heavy atom. The molecule has 0 amide bonds. The molecule has 11 rings (SSSR count). The van der Waals surface area contributed by atoms with Crippen LogP contribution in [0.5, 0.6) is 0 Å². The molecule has 0 radical (unpaired) electrons. The molecule has 0 bridgehead atoms. The second kappa shape index (κ2) is 11.1. The molecule has 53 heavy (non-hydrogen) atoms. The molecule has 3 heterocycles. The first-order valence-electron chi connectivity index (χ1n) is 20.2. The maximum absolute atomic E-state index is 9.13. The fraction of sp³-hybridized carbons (Fsp3) is 0.0625. The van der Waals surface area contributed by atoms with Gasteiger partial charge in [0.2, 0.25) is 5.95 Å². The van der Waals surface area contributed by atoms with Crippen LogP contribution in [0.4, 0.5) is 0 Å². The average molecular weight is 685 g/mol. The first-order chi connectivity index (χ1) is 28.1. The van der Waals surface area contributed by atoms with Crippen LogP contribution >= 0.6 is 0 Å². The Balaban J connectivity index is 1.28. The summed E-state index contributed by atoms with van der Waals surface area (Å²) in [5.41, 5.74) is 9.47. The lowest BCUT2D eigenvalue weighted by atomic mass is 9.82. The van der Waals surface area contributed by atoms with E-state index in [0.717, 1.165) is 49.3 Å². The van der Waals surface area contributed by atoms with Gasteiger partial charge in [0.15, 0.2) is 11.6 Å². The van der Waals surface area contributed by atoms with Gasteiger partial charge in [-0.3, -0.25) is 4.57 Å². The smallest absolute Gasteiger partial charge is 0.238 e. The van der Waals surface area contributed by atoms with Crippen molar-refractivity contribution >= 4 is 43.6 Å². The molecule has 0 saturated heterocycles. The molecule has 0 spiro atoms. The van der Waals surface area contributed by atoms with E-state index < -0.39 is 18.1 Å². The van der Waals surface area contributed by atoms with Crippen molar-refractivity contribution in [2.24, 2.45) is 0 Å². The molecule has 250 valence electrons. The van der Waals surface area contributed by atoms with E-state index in [1.165, 1.54) is 16.7 Å². The highest BCUT2D eigenvalue weighted by Crippen LogP contribution is 2.49. The molecular weight excluding hydrogens is 647 g/mol. The summed E-state index contributed by atoms with van der Waals surface area (Å²) in [7, 11) is 0. The SMILES string of the molecule is [2H]c1c([2H])c([2H])c(-n2c3ccccc3c3ccc4c5ccccc5n(-c5nc(-c6ccccc6)nc(-c6ccc7c(c6)-c6ccccc6C7(C)C)n5)c4c32)c([2H])c1[2H]. The molecule has 1 aliphatic rings. The van der Waals surface area contributed by atoms with E-state index in [4.69, 9.17) is 21.8 Å². The topological polar surface area (TPSA) is 48.5 Å². The number of rotatable bonds is 4. The van der Waals surface area contributed by atoms with Crippen LogP contribution in [0, 0.1) is 0 Å². The molecule has 0 atom stereocenters. The van der Waals surface area contributed by atoms with Gasteiger partial charge in [-0.25, -0.2) is 4.98 Å². The standard InChI is InChI=1S/C48H33N5/c1-48(2)39-22-12-9-19-33(39)38-29-31(25-28-40(38)48)46-49-45(30-15-5-3-6-16-30)50-47(51-46)53-42-24-14-11-21-35(42)37-27-26-36-34-20-10-13-23-41(34)52(43(36)44(37)53)32-17-7-4-8-18-32/h3-29H,1-2H3/i4D,7D,8D,17D,18D. The molecule has 5 nitrogen and oxygen atoms in total. The van der Waals surface area contributed by atoms with Crippen LogP contribution in [-0.4, -0.2) is 24.1 Å². The molecule has 0 fully saturated rings. The third-order valence-electron chi connectivity index (χ3n) is 10.9. The predicted octanol–water partition coefficient (Wildman–Crippen LogP) is 11.7. The molecule has 1 aliphatic carbocycles. The second-order valence-corrected chi connectivity index (χ2v) is 14.1. The Morgan fingerprint density at radius 1 is 0.491 bits per heavy atom. The molecule has 7 aromatic carbocycles. The summed E-state index contributed by atoms with van der Waals surface area (Å²) in [6.07, 6.45) is 0. The van der Waals surface area contributed by atoms with Crippen LogP contribution in [0.2, 0.25) is 0 Å². The summed E-state index contributed by atoms with van der Waals surface area (Å²) >= 11 is 0. The van der Waals surface area contributed by atoms with Crippen molar-refractivity contribution < 1.29 is 6.85 Å². The first kappa shape index (κ1) is 25.2. The highest BCUT2D eigenvalue weighted by atomic mass is 15.2. The van der Waals surface area contributed by atoms with E-state index in [0.29, 0.717) is 28.6 Å². The largest absolute Gasteiger partial charge is 0.307 e. The van der Waals surface area contributed by atoms with Crippen LogP contribution in [0.15, 0.2) is 164 Å². The van der Waals surface area contributed by atoms with Crippen LogP contribution in [0.1, 0.15) is 31.8 Å². The third-order valence-corrected chi connectivity index (χ3v) is 10.9. The van der Waals surface area contributed by atoms with Crippen molar-refractivity contribution in [1.82, 2.24) is 24.1 Å². The van der Waals surface area contributed by atoms with Gasteiger partial charge in [0, 0.05) is 43.8 Å². The van der Waals surface area contributed by atoms with Crippen molar-refractivity contribution in [1.29, 1.82) is 0 Å². The maximum Gasteiger partial charge on any atom is 0.238 e. The average Bonchev–Trinajstić information content (AvgIpc) is 3.86. The molecule has 0 N–H and O–H groups in total. The zero-order valence-electron chi connectivity index (χ0n) is 33.9. The Kier molecular flexibility index (Phi) is 5.26. The quantitative estimate of drug-likeness (QED) is 0.185. The Labute approximate surface area is 313 Å². The zero-order valence-corrected chi connectivity index (χ0v) is 28.9. The van der Waals surface area contributed by atoms with E-state index in [2.05, 4.69) is 74.5 Å². The Bertz CT molecular complexity index is 3360. The van der Waals surface area contributed by atoms with Crippen LogP contribution < -0.4 is 0 Å². The summed E-state index contributed by atoms with van der Waals surface area (Å²) in [6, 6.07) is 43.1. The van der Waals surface area contributed by atoms with Gasteiger partial charge in [0.05, 0.1) is 28.9 Å². The third kappa shape index (κ3) is 4.28. The van der Waals surface area contributed by atoms with E-state index in [1.807, 2.05) is 81.9 Å². The normalized spacial score (nSPS) is 14.6. The van der Waals surface area contributed by atoms with Gasteiger partial charge in [-0.2, -0.15) is 9.97 Å². The number of para-hydroxylation sites is 3. The van der Waals surface area contributed by atoms with Gasteiger partial charge in [-0.1, -0.05) is 147 Å². The van der Waals surface area contributed by atoms with Crippen molar-refractivity contribution in [3.63, 3.8) is 0 Å². The number of nitrogens with zero attached hydrogens (tertiary/aromatic N) is 5. The maximum atomic E-state index is 9.13. The van der Waals surface area contributed by atoms with Crippen LogP contribution in [-0.2, 0) is 5.41 Å².